The van der Waals surface area contributed by atoms with Gasteiger partial charge in [0, 0.05) is 35.4 Å². The van der Waals surface area contributed by atoms with Gasteiger partial charge in [-0.3, -0.25) is 9.59 Å². The lowest BCUT2D eigenvalue weighted by Crippen LogP contribution is -2.32. The summed E-state index contributed by atoms with van der Waals surface area (Å²) in [7, 11) is 1.55. The van der Waals surface area contributed by atoms with Crippen molar-refractivity contribution >= 4 is 45.8 Å². The van der Waals surface area contributed by atoms with Gasteiger partial charge in [-0.05, 0) is 61.7 Å². The summed E-state index contributed by atoms with van der Waals surface area (Å²) in [5, 5.41) is 5.11. The van der Waals surface area contributed by atoms with Gasteiger partial charge < -0.3 is 15.0 Å². The van der Waals surface area contributed by atoms with E-state index in [0.717, 1.165) is 29.3 Å². The lowest BCUT2D eigenvalue weighted by atomic mass is 10.1. The Morgan fingerprint density at radius 3 is 2.34 bits per heavy atom. The fraction of sp³-hybridized carbons (Fsp3) is 0.200. The van der Waals surface area contributed by atoms with Gasteiger partial charge in [-0.25, -0.2) is 4.90 Å². The second-order valence-electron chi connectivity index (χ2n) is 7.22. The van der Waals surface area contributed by atoms with Crippen molar-refractivity contribution in [3.05, 3.63) is 76.6 Å². The summed E-state index contributed by atoms with van der Waals surface area (Å²) < 4.78 is 5.27. The summed E-state index contributed by atoms with van der Waals surface area (Å²) in [6, 6.07) is 18.6. The number of hydrogen-bond acceptors (Lipinski definition) is 6. The molecule has 0 spiro atoms. The molecule has 1 N–H and O–H groups in total. The third kappa shape index (κ3) is 3.99. The van der Waals surface area contributed by atoms with E-state index in [2.05, 4.69) is 24.1 Å². The van der Waals surface area contributed by atoms with Crippen molar-refractivity contribution in [3.8, 4) is 5.75 Å². The highest BCUT2D eigenvalue weighted by Crippen LogP contribution is 2.36. The van der Waals surface area contributed by atoms with Crippen molar-refractivity contribution < 1.29 is 14.3 Å². The number of amides is 2. The zero-order valence-corrected chi connectivity index (χ0v) is 19.1. The molecule has 1 aromatic heterocycles. The van der Waals surface area contributed by atoms with Gasteiger partial charge in [0.15, 0.2) is 0 Å². The van der Waals surface area contributed by atoms with Crippen LogP contribution in [0.4, 0.5) is 17.1 Å². The molecule has 0 saturated carbocycles. The Kier molecular flexibility index (Phi) is 6.28. The minimum absolute atomic E-state index is 0.274. The van der Waals surface area contributed by atoms with E-state index in [-0.39, 0.29) is 17.5 Å². The van der Waals surface area contributed by atoms with Gasteiger partial charge >= 0.3 is 0 Å². The molecule has 0 fully saturated rings. The van der Waals surface area contributed by atoms with Crippen LogP contribution in [0.2, 0.25) is 0 Å². The fourth-order valence-electron chi connectivity index (χ4n) is 3.77. The van der Waals surface area contributed by atoms with Crippen LogP contribution in [0.25, 0.3) is 5.57 Å². The normalized spacial score (nSPS) is 13.7. The number of nitrogens with zero attached hydrogens (tertiary/aromatic N) is 2. The molecule has 0 radical (unpaired) electrons. The molecule has 2 aromatic carbocycles. The topological polar surface area (TPSA) is 61.9 Å². The molecular weight excluding hydrogens is 422 g/mol. The molecule has 3 aromatic rings. The molecule has 0 bridgehead atoms. The first-order valence-corrected chi connectivity index (χ1v) is 11.4. The molecule has 0 aliphatic carbocycles. The SMILES string of the molecule is CCN(CC)c1ccc(NC2=C(c3cccs3)C(=O)N(c3cccc(OC)c3)C2=O)cc1. The average molecular weight is 448 g/mol. The standard InChI is InChI=1S/C25H25N3O3S/c1-4-27(5-2)18-13-11-17(12-14-18)26-23-22(21-10-7-15-32-21)24(29)28(25(23)30)19-8-6-9-20(16-19)31-3/h6-16,26H,4-5H2,1-3H3. The number of imide groups is 1. The van der Waals surface area contributed by atoms with E-state index in [1.807, 2.05) is 41.8 Å². The van der Waals surface area contributed by atoms with Gasteiger partial charge in [0.2, 0.25) is 0 Å². The highest BCUT2D eigenvalue weighted by molar-refractivity contribution is 7.11. The lowest BCUT2D eigenvalue weighted by Gasteiger charge is -2.21. The minimum atomic E-state index is -0.389. The Morgan fingerprint density at radius 2 is 1.72 bits per heavy atom. The second kappa shape index (κ2) is 9.28. The van der Waals surface area contributed by atoms with Crippen molar-refractivity contribution in [1.29, 1.82) is 0 Å². The molecule has 32 heavy (non-hydrogen) atoms. The Morgan fingerprint density at radius 1 is 0.969 bits per heavy atom. The molecule has 164 valence electrons. The summed E-state index contributed by atoms with van der Waals surface area (Å²) in [4.78, 5) is 31.0. The van der Waals surface area contributed by atoms with Crippen LogP contribution in [0.15, 0.2) is 71.7 Å². The number of carbonyl (C=O) groups excluding carboxylic acids is 2. The van der Waals surface area contributed by atoms with E-state index in [0.29, 0.717) is 17.0 Å². The van der Waals surface area contributed by atoms with Crippen LogP contribution in [0.5, 0.6) is 5.75 Å². The number of rotatable bonds is 8. The first kappa shape index (κ1) is 21.6. The number of ether oxygens (including phenoxy) is 1. The zero-order valence-electron chi connectivity index (χ0n) is 18.3. The molecule has 6 nitrogen and oxygen atoms in total. The Balaban J connectivity index is 1.70. The van der Waals surface area contributed by atoms with Crippen LogP contribution in [0.1, 0.15) is 18.7 Å². The second-order valence-corrected chi connectivity index (χ2v) is 8.17. The van der Waals surface area contributed by atoms with E-state index in [9.17, 15) is 9.59 Å². The maximum Gasteiger partial charge on any atom is 0.282 e. The highest BCUT2D eigenvalue weighted by atomic mass is 32.1. The van der Waals surface area contributed by atoms with Gasteiger partial charge in [-0.1, -0.05) is 12.1 Å². The molecule has 1 aliphatic rings. The number of methoxy groups -OCH3 is 1. The van der Waals surface area contributed by atoms with E-state index < -0.39 is 0 Å². The maximum absolute atomic E-state index is 13.4. The summed E-state index contributed by atoms with van der Waals surface area (Å²) in [6.45, 7) is 6.06. The first-order chi connectivity index (χ1) is 15.6. The molecule has 1 aliphatic heterocycles. The molecular formula is C25H25N3O3S. The molecule has 0 unspecified atom stereocenters. The van der Waals surface area contributed by atoms with Crippen LogP contribution in [-0.2, 0) is 9.59 Å². The van der Waals surface area contributed by atoms with Crippen molar-refractivity contribution in [3.63, 3.8) is 0 Å². The largest absolute Gasteiger partial charge is 0.497 e. The zero-order chi connectivity index (χ0) is 22.7. The van der Waals surface area contributed by atoms with Gasteiger partial charge in [-0.2, -0.15) is 0 Å². The summed E-state index contributed by atoms with van der Waals surface area (Å²) in [5.41, 5.74) is 2.98. The maximum atomic E-state index is 13.4. The van der Waals surface area contributed by atoms with E-state index in [4.69, 9.17) is 4.74 Å². The smallest absolute Gasteiger partial charge is 0.282 e. The van der Waals surface area contributed by atoms with Gasteiger partial charge in [0.05, 0.1) is 18.4 Å². The Labute approximate surface area is 191 Å². The number of hydrogen-bond donors (Lipinski definition) is 1. The first-order valence-electron chi connectivity index (χ1n) is 10.5. The number of benzene rings is 2. The van der Waals surface area contributed by atoms with Crippen LogP contribution in [-0.4, -0.2) is 32.0 Å². The third-order valence-electron chi connectivity index (χ3n) is 5.43. The lowest BCUT2D eigenvalue weighted by molar-refractivity contribution is -0.120. The third-order valence-corrected chi connectivity index (χ3v) is 6.32. The van der Waals surface area contributed by atoms with Crippen LogP contribution < -0.4 is 19.9 Å². The number of thiophene rings is 1. The van der Waals surface area contributed by atoms with E-state index in [1.54, 1.807) is 31.4 Å². The Bertz CT molecular complexity index is 1150. The molecule has 2 heterocycles. The van der Waals surface area contributed by atoms with Crippen LogP contribution >= 0.6 is 11.3 Å². The molecule has 7 heteroatoms. The van der Waals surface area contributed by atoms with Gasteiger partial charge in [-0.15, -0.1) is 11.3 Å². The van der Waals surface area contributed by atoms with E-state index in [1.165, 1.54) is 16.2 Å². The molecule has 4 rings (SSSR count). The summed E-state index contributed by atoms with van der Waals surface area (Å²) in [5.74, 6) is -0.165. The molecule has 0 saturated heterocycles. The number of anilines is 3. The monoisotopic (exact) mass is 447 g/mol. The quantitative estimate of drug-likeness (QED) is 0.493. The Hall–Kier alpha value is -3.58. The van der Waals surface area contributed by atoms with E-state index >= 15 is 0 Å². The highest BCUT2D eigenvalue weighted by Gasteiger charge is 2.40. The van der Waals surface area contributed by atoms with Crippen molar-refractivity contribution in [2.75, 3.05) is 35.3 Å². The minimum Gasteiger partial charge on any atom is -0.497 e. The molecule has 0 atom stereocenters. The number of carbonyl (C=O) groups is 2. The van der Waals surface area contributed by atoms with Crippen LogP contribution in [0, 0.1) is 0 Å². The van der Waals surface area contributed by atoms with Crippen molar-refractivity contribution in [2.24, 2.45) is 0 Å². The summed E-state index contributed by atoms with van der Waals surface area (Å²) in [6.07, 6.45) is 0. The van der Waals surface area contributed by atoms with Crippen LogP contribution in [0.3, 0.4) is 0 Å². The molecule has 2 amide bonds. The van der Waals surface area contributed by atoms with Gasteiger partial charge in [0.25, 0.3) is 11.8 Å². The summed E-state index contributed by atoms with van der Waals surface area (Å²) >= 11 is 1.43. The van der Waals surface area contributed by atoms with Crippen molar-refractivity contribution in [2.45, 2.75) is 13.8 Å². The van der Waals surface area contributed by atoms with Gasteiger partial charge in [0.1, 0.15) is 11.4 Å². The number of nitrogens with one attached hydrogen (secondary N) is 1. The fourth-order valence-corrected chi connectivity index (χ4v) is 4.54. The van der Waals surface area contributed by atoms with Crippen molar-refractivity contribution in [1.82, 2.24) is 0 Å². The average Bonchev–Trinajstić information content (AvgIpc) is 3.42. The predicted molar refractivity (Wildman–Crippen MR) is 130 cm³/mol. The predicted octanol–water partition coefficient (Wildman–Crippen LogP) is 5.00.